The minimum Gasteiger partial charge on any atom is -0.468 e. The Morgan fingerprint density at radius 1 is 1.67 bits per heavy atom. The topological polar surface area (TPSA) is 108 Å². The first-order valence-corrected chi connectivity index (χ1v) is 6.70. The molecule has 21 heavy (non-hydrogen) atoms. The molecule has 1 aliphatic heterocycles. The average molecular weight is 296 g/mol. The summed E-state index contributed by atoms with van der Waals surface area (Å²) in [6.45, 7) is 4.45. The highest BCUT2D eigenvalue weighted by Crippen LogP contribution is 2.04. The molecular formula is C12H20N6O3. The summed E-state index contributed by atoms with van der Waals surface area (Å²) in [6, 6.07) is 0. The molecule has 0 aromatic carbocycles. The number of aliphatic imine (C=N–C) groups is 1. The van der Waals surface area contributed by atoms with Crippen LogP contribution in [-0.4, -0.2) is 64.7 Å². The van der Waals surface area contributed by atoms with Crippen molar-refractivity contribution < 1.29 is 14.3 Å². The Bertz CT molecular complexity index is 515. The maximum Gasteiger partial charge on any atom is 0.327 e. The van der Waals surface area contributed by atoms with Crippen LogP contribution in [0.15, 0.2) is 11.2 Å². The number of nitrogens with zero attached hydrogens (tertiary/aromatic N) is 5. The van der Waals surface area contributed by atoms with Crippen molar-refractivity contribution in [3.63, 3.8) is 0 Å². The number of rotatable bonds is 4. The van der Waals surface area contributed by atoms with Crippen molar-refractivity contribution in [2.45, 2.75) is 26.1 Å². The Balaban J connectivity index is 1.89. The Morgan fingerprint density at radius 3 is 3.19 bits per heavy atom. The fourth-order valence-electron chi connectivity index (χ4n) is 1.97. The standard InChI is InChI=1S/C12H20N6O3/c1-9-6-17(3-4-21-9)12(13)14-5-10-7-18(16-15-10)8-11(19)20-2/h7,9H,3-6,8H2,1-2H3,(H2,13,14). The fourth-order valence-corrected chi connectivity index (χ4v) is 1.97. The van der Waals surface area contributed by atoms with Gasteiger partial charge in [0.15, 0.2) is 5.96 Å². The lowest BCUT2D eigenvalue weighted by atomic mass is 10.3. The van der Waals surface area contributed by atoms with E-state index < -0.39 is 0 Å². The molecule has 9 heteroatoms. The van der Waals surface area contributed by atoms with Crippen LogP contribution in [0.1, 0.15) is 12.6 Å². The maximum absolute atomic E-state index is 11.1. The molecule has 1 atom stereocenters. The molecule has 0 aliphatic carbocycles. The number of methoxy groups -OCH3 is 1. The summed E-state index contributed by atoms with van der Waals surface area (Å²) in [5, 5.41) is 7.76. The van der Waals surface area contributed by atoms with E-state index in [1.54, 1.807) is 6.20 Å². The summed E-state index contributed by atoms with van der Waals surface area (Å²) in [5.41, 5.74) is 6.60. The zero-order chi connectivity index (χ0) is 15.2. The number of carbonyl (C=O) groups is 1. The molecule has 1 saturated heterocycles. The van der Waals surface area contributed by atoms with Gasteiger partial charge in [-0.1, -0.05) is 5.21 Å². The summed E-state index contributed by atoms with van der Waals surface area (Å²) < 4.78 is 11.4. The monoisotopic (exact) mass is 296 g/mol. The molecule has 116 valence electrons. The molecular weight excluding hydrogens is 276 g/mol. The number of ether oxygens (including phenoxy) is 2. The second kappa shape index (κ2) is 7.02. The highest BCUT2D eigenvalue weighted by atomic mass is 16.5. The third-order valence-corrected chi connectivity index (χ3v) is 3.07. The largest absolute Gasteiger partial charge is 0.468 e. The molecule has 0 spiro atoms. The van der Waals surface area contributed by atoms with E-state index in [1.165, 1.54) is 11.8 Å². The Morgan fingerprint density at radius 2 is 2.48 bits per heavy atom. The van der Waals surface area contributed by atoms with Crippen molar-refractivity contribution in [1.82, 2.24) is 19.9 Å². The van der Waals surface area contributed by atoms with Gasteiger partial charge in [0, 0.05) is 13.1 Å². The quantitative estimate of drug-likeness (QED) is 0.430. The van der Waals surface area contributed by atoms with Crippen LogP contribution in [0.3, 0.4) is 0 Å². The first-order valence-electron chi connectivity index (χ1n) is 6.70. The molecule has 9 nitrogen and oxygen atoms in total. The van der Waals surface area contributed by atoms with Gasteiger partial charge in [0.25, 0.3) is 0 Å². The number of esters is 1. The van der Waals surface area contributed by atoms with Crippen molar-refractivity contribution >= 4 is 11.9 Å². The molecule has 0 amide bonds. The summed E-state index contributed by atoms with van der Waals surface area (Å²) >= 11 is 0. The van der Waals surface area contributed by atoms with E-state index >= 15 is 0 Å². The summed E-state index contributed by atoms with van der Waals surface area (Å²) in [5.74, 6) is 0.0874. The number of hydrogen-bond donors (Lipinski definition) is 1. The number of carbonyl (C=O) groups excluding carboxylic acids is 1. The van der Waals surface area contributed by atoms with Gasteiger partial charge in [-0.15, -0.1) is 5.10 Å². The number of hydrogen-bond acceptors (Lipinski definition) is 6. The lowest BCUT2D eigenvalue weighted by Gasteiger charge is -2.31. The highest BCUT2D eigenvalue weighted by Gasteiger charge is 2.18. The predicted octanol–water partition coefficient (Wildman–Crippen LogP) is -1.01. The second-order valence-corrected chi connectivity index (χ2v) is 4.79. The SMILES string of the molecule is COC(=O)Cn1cc(CN=C(N)N2CCOC(C)C2)nn1. The van der Waals surface area contributed by atoms with Crippen molar-refractivity contribution in [2.75, 3.05) is 26.8 Å². The molecule has 2 N–H and O–H groups in total. The highest BCUT2D eigenvalue weighted by molar-refractivity contribution is 5.78. The molecule has 0 bridgehead atoms. The second-order valence-electron chi connectivity index (χ2n) is 4.79. The Hall–Kier alpha value is -2.16. The molecule has 1 aliphatic rings. The van der Waals surface area contributed by atoms with Crippen LogP contribution in [0.5, 0.6) is 0 Å². The molecule has 2 rings (SSSR count). The van der Waals surface area contributed by atoms with E-state index in [9.17, 15) is 4.79 Å². The molecule has 1 aromatic rings. The number of aromatic nitrogens is 3. The van der Waals surface area contributed by atoms with E-state index in [0.717, 1.165) is 13.1 Å². The van der Waals surface area contributed by atoms with Crippen LogP contribution >= 0.6 is 0 Å². The number of morpholine rings is 1. The average Bonchev–Trinajstić information content (AvgIpc) is 2.92. The molecule has 2 heterocycles. The number of nitrogens with two attached hydrogens (primary N) is 1. The minimum atomic E-state index is -0.378. The normalized spacial score (nSPS) is 19.6. The molecule has 0 saturated carbocycles. The van der Waals surface area contributed by atoms with E-state index in [1.807, 2.05) is 11.8 Å². The summed E-state index contributed by atoms with van der Waals surface area (Å²) in [4.78, 5) is 17.4. The van der Waals surface area contributed by atoms with Gasteiger partial charge >= 0.3 is 5.97 Å². The van der Waals surface area contributed by atoms with E-state index in [2.05, 4.69) is 20.0 Å². The molecule has 1 aromatic heterocycles. The van der Waals surface area contributed by atoms with Crippen LogP contribution in [0.2, 0.25) is 0 Å². The summed E-state index contributed by atoms with van der Waals surface area (Å²) in [7, 11) is 1.33. The Labute approximate surface area is 122 Å². The van der Waals surface area contributed by atoms with Gasteiger partial charge < -0.3 is 20.1 Å². The molecule has 1 fully saturated rings. The van der Waals surface area contributed by atoms with Gasteiger partial charge in [-0.25, -0.2) is 9.67 Å². The van der Waals surface area contributed by atoms with Crippen molar-refractivity contribution in [1.29, 1.82) is 0 Å². The third-order valence-electron chi connectivity index (χ3n) is 3.07. The van der Waals surface area contributed by atoms with Gasteiger partial charge in [-0.3, -0.25) is 4.79 Å². The zero-order valence-electron chi connectivity index (χ0n) is 12.2. The smallest absolute Gasteiger partial charge is 0.327 e. The number of guanidine groups is 1. The van der Waals surface area contributed by atoms with Gasteiger partial charge in [0.2, 0.25) is 0 Å². The van der Waals surface area contributed by atoms with Gasteiger partial charge in [-0.05, 0) is 6.92 Å². The molecule has 1 unspecified atom stereocenters. The van der Waals surface area contributed by atoms with Gasteiger partial charge in [-0.2, -0.15) is 0 Å². The van der Waals surface area contributed by atoms with Crippen LogP contribution in [0.25, 0.3) is 0 Å². The van der Waals surface area contributed by atoms with Crippen LogP contribution in [0.4, 0.5) is 0 Å². The fraction of sp³-hybridized carbons (Fsp3) is 0.667. The van der Waals surface area contributed by atoms with Crippen molar-refractivity contribution in [3.05, 3.63) is 11.9 Å². The third kappa shape index (κ3) is 4.42. The van der Waals surface area contributed by atoms with E-state index in [-0.39, 0.29) is 18.6 Å². The van der Waals surface area contributed by atoms with Crippen LogP contribution in [0, 0.1) is 0 Å². The lowest BCUT2D eigenvalue weighted by molar-refractivity contribution is -0.141. The Kier molecular flexibility index (Phi) is 5.09. The predicted molar refractivity (Wildman–Crippen MR) is 74.4 cm³/mol. The van der Waals surface area contributed by atoms with E-state index in [4.69, 9.17) is 10.5 Å². The van der Waals surface area contributed by atoms with Crippen molar-refractivity contribution in [3.8, 4) is 0 Å². The first-order chi connectivity index (χ1) is 10.1. The molecule has 0 radical (unpaired) electrons. The zero-order valence-corrected chi connectivity index (χ0v) is 12.2. The van der Waals surface area contributed by atoms with Gasteiger partial charge in [0.05, 0.1) is 32.6 Å². The van der Waals surface area contributed by atoms with Gasteiger partial charge in [0.1, 0.15) is 12.2 Å². The van der Waals surface area contributed by atoms with Crippen LogP contribution in [-0.2, 0) is 27.4 Å². The van der Waals surface area contributed by atoms with Crippen LogP contribution < -0.4 is 5.73 Å². The minimum absolute atomic E-state index is 0.0314. The van der Waals surface area contributed by atoms with E-state index in [0.29, 0.717) is 24.8 Å². The lowest BCUT2D eigenvalue weighted by Crippen LogP contribution is -2.47. The maximum atomic E-state index is 11.1. The summed E-state index contributed by atoms with van der Waals surface area (Å²) in [6.07, 6.45) is 1.80. The first kappa shape index (κ1) is 15.2. The van der Waals surface area contributed by atoms with Crippen molar-refractivity contribution in [2.24, 2.45) is 10.7 Å².